The molecule has 2 rings (SSSR count). The summed E-state index contributed by atoms with van der Waals surface area (Å²) in [6.07, 6.45) is -0.510. The van der Waals surface area contributed by atoms with Gasteiger partial charge in [0.25, 0.3) is 0 Å². The summed E-state index contributed by atoms with van der Waals surface area (Å²) in [5.74, 6) is -0.630. The van der Waals surface area contributed by atoms with Gasteiger partial charge in [0, 0.05) is 6.61 Å². The molecule has 1 fully saturated rings. The molecule has 1 aliphatic heterocycles. The highest BCUT2D eigenvalue weighted by atomic mass is 16.6. The summed E-state index contributed by atoms with van der Waals surface area (Å²) in [6, 6.07) is 8.68. The van der Waals surface area contributed by atoms with Crippen LogP contribution >= 0.6 is 0 Å². The van der Waals surface area contributed by atoms with Gasteiger partial charge in [0.05, 0.1) is 12.7 Å². The third kappa shape index (κ3) is 8.63. The lowest BCUT2D eigenvalue weighted by Gasteiger charge is -2.33. The van der Waals surface area contributed by atoms with Gasteiger partial charge in [-0.2, -0.15) is 4.90 Å². The molecule has 1 saturated heterocycles. The van der Waals surface area contributed by atoms with Gasteiger partial charge in [0.15, 0.2) is 6.04 Å². The van der Waals surface area contributed by atoms with Gasteiger partial charge in [-0.05, 0) is 72.3 Å². The first-order valence-electron chi connectivity index (χ1n) is 11.9. The van der Waals surface area contributed by atoms with Crippen molar-refractivity contribution in [3.05, 3.63) is 35.9 Å². The van der Waals surface area contributed by atoms with Crippen molar-refractivity contribution in [1.29, 1.82) is 0 Å². The second-order valence-electron chi connectivity index (χ2n) is 10.4. The monoisotopic (exact) mass is 477 g/mol. The van der Waals surface area contributed by atoms with Gasteiger partial charge in [0.1, 0.15) is 11.2 Å². The third-order valence-electron chi connectivity index (χ3n) is 5.56. The number of carbonyl (C=O) groups is 3. The molecular formula is C26H39NO7. The normalized spacial score (nSPS) is 22.0. The van der Waals surface area contributed by atoms with Gasteiger partial charge in [-0.25, -0.2) is 14.4 Å². The fourth-order valence-corrected chi connectivity index (χ4v) is 3.54. The Kier molecular flexibility index (Phi) is 9.50. The molecule has 34 heavy (non-hydrogen) atoms. The van der Waals surface area contributed by atoms with Crippen molar-refractivity contribution in [2.24, 2.45) is 5.92 Å². The highest BCUT2D eigenvalue weighted by molar-refractivity contribution is 5.94. The predicted octanol–water partition coefficient (Wildman–Crippen LogP) is 5.13. The van der Waals surface area contributed by atoms with E-state index < -0.39 is 41.5 Å². The third-order valence-corrected chi connectivity index (χ3v) is 5.56. The average molecular weight is 478 g/mol. The molecule has 0 N–H and O–H groups in total. The summed E-state index contributed by atoms with van der Waals surface area (Å²) in [5.41, 5.74) is -0.562. The number of amides is 2. The number of hydrogen-bond acceptors (Lipinski definition) is 7. The Morgan fingerprint density at radius 3 is 2.24 bits per heavy atom. The van der Waals surface area contributed by atoms with Crippen LogP contribution in [-0.2, 0) is 30.2 Å². The van der Waals surface area contributed by atoms with Crippen LogP contribution in [0, 0.1) is 5.92 Å². The van der Waals surface area contributed by atoms with Gasteiger partial charge in [-0.15, -0.1) is 0 Å². The Labute approximate surface area is 202 Å². The number of benzene rings is 1. The zero-order valence-electron chi connectivity index (χ0n) is 21.5. The highest BCUT2D eigenvalue weighted by Gasteiger charge is 2.42. The fourth-order valence-electron chi connectivity index (χ4n) is 3.54. The van der Waals surface area contributed by atoms with E-state index in [0.717, 1.165) is 12.0 Å². The van der Waals surface area contributed by atoms with Crippen molar-refractivity contribution < 1.29 is 33.3 Å². The molecule has 1 aliphatic rings. The minimum atomic E-state index is -1.33. The van der Waals surface area contributed by atoms with Crippen LogP contribution in [0.15, 0.2) is 30.3 Å². The number of esters is 1. The molecule has 0 radical (unpaired) electrons. The quantitative estimate of drug-likeness (QED) is 0.429. The molecular weight excluding hydrogens is 438 g/mol. The topological polar surface area (TPSA) is 91.4 Å². The van der Waals surface area contributed by atoms with Crippen molar-refractivity contribution in [1.82, 2.24) is 4.90 Å². The van der Waals surface area contributed by atoms with E-state index in [0.29, 0.717) is 24.3 Å². The minimum absolute atomic E-state index is 0.102. The standard InChI is InChI=1S/C26H39NO7/c1-8-26(6,7)34-24(30)27(23(29)33-25(3,4)5)21-17-31-16-20(14-18(2)32-22(21)28)15-19-12-10-9-11-13-19/h9-13,18,20-21H,8,14-17H2,1-7H3/t18-,20-,21-/m0/s1. The number of rotatable bonds is 5. The number of hydrogen-bond donors (Lipinski definition) is 0. The second-order valence-corrected chi connectivity index (χ2v) is 10.4. The maximum atomic E-state index is 13.1. The predicted molar refractivity (Wildman–Crippen MR) is 127 cm³/mol. The van der Waals surface area contributed by atoms with Gasteiger partial charge in [0.2, 0.25) is 0 Å². The zero-order chi connectivity index (χ0) is 25.5. The molecule has 0 spiro atoms. The van der Waals surface area contributed by atoms with E-state index in [-0.39, 0.29) is 12.5 Å². The molecule has 0 aromatic heterocycles. The van der Waals surface area contributed by atoms with Crippen LogP contribution in [0.25, 0.3) is 0 Å². The summed E-state index contributed by atoms with van der Waals surface area (Å²) < 4.78 is 22.5. The van der Waals surface area contributed by atoms with Crippen LogP contribution in [0.2, 0.25) is 0 Å². The number of imide groups is 1. The van der Waals surface area contributed by atoms with E-state index in [1.807, 2.05) is 37.3 Å². The minimum Gasteiger partial charge on any atom is -0.461 e. The van der Waals surface area contributed by atoms with E-state index in [2.05, 4.69) is 0 Å². The maximum Gasteiger partial charge on any atom is 0.420 e. The van der Waals surface area contributed by atoms with Crippen molar-refractivity contribution >= 4 is 18.2 Å². The van der Waals surface area contributed by atoms with E-state index in [1.165, 1.54) is 0 Å². The van der Waals surface area contributed by atoms with Crippen molar-refractivity contribution in [3.63, 3.8) is 0 Å². The SMILES string of the molecule is CCC(C)(C)OC(=O)N(C(=O)OC(C)(C)C)[C@H]1COC[C@H](Cc2ccccc2)C[C@H](C)OC1=O. The molecule has 0 unspecified atom stereocenters. The molecule has 8 heteroatoms. The largest absolute Gasteiger partial charge is 0.461 e. The number of carbonyl (C=O) groups excluding carboxylic acids is 3. The second kappa shape index (κ2) is 11.7. The van der Waals surface area contributed by atoms with E-state index in [1.54, 1.807) is 41.5 Å². The first kappa shape index (κ1) is 27.6. The Hall–Kier alpha value is -2.61. The highest BCUT2D eigenvalue weighted by Crippen LogP contribution is 2.23. The summed E-state index contributed by atoms with van der Waals surface area (Å²) in [7, 11) is 0. The van der Waals surface area contributed by atoms with Crippen LogP contribution in [0.5, 0.6) is 0 Å². The van der Waals surface area contributed by atoms with E-state index in [4.69, 9.17) is 18.9 Å². The van der Waals surface area contributed by atoms with Gasteiger partial charge >= 0.3 is 18.2 Å². The van der Waals surface area contributed by atoms with Gasteiger partial charge in [-0.3, -0.25) is 0 Å². The molecule has 1 aromatic carbocycles. The smallest absolute Gasteiger partial charge is 0.420 e. The van der Waals surface area contributed by atoms with Crippen molar-refractivity contribution in [3.8, 4) is 0 Å². The van der Waals surface area contributed by atoms with Crippen LogP contribution in [-0.4, -0.2) is 59.6 Å². The maximum absolute atomic E-state index is 13.1. The first-order valence-corrected chi connectivity index (χ1v) is 11.9. The summed E-state index contributed by atoms with van der Waals surface area (Å²) in [5, 5.41) is 0. The Morgan fingerprint density at radius 2 is 1.65 bits per heavy atom. The van der Waals surface area contributed by atoms with Crippen molar-refractivity contribution in [2.75, 3.05) is 13.2 Å². The van der Waals surface area contributed by atoms with E-state index >= 15 is 0 Å². The number of nitrogens with zero attached hydrogens (tertiary/aromatic N) is 1. The summed E-state index contributed by atoms with van der Waals surface area (Å²) in [6.45, 7) is 12.3. The number of ether oxygens (including phenoxy) is 4. The fraction of sp³-hybridized carbons (Fsp3) is 0.654. The zero-order valence-corrected chi connectivity index (χ0v) is 21.5. The molecule has 8 nitrogen and oxygen atoms in total. The Balaban J connectivity index is 2.26. The molecule has 1 heterocycles. The van der Waals surface area contributed by atoms with Crippen LogP contribution < -0.4 is 0 Å². The molecule has 190 valence electrons. The lowest BCUT2D eigenvalue weighted by atomic mass is 9.95. The van der Waals surface area contributed by atoms with Gasteiger partial charge in [-0.1, -0.05) is 37.3 Å². The Bertz CT molecular complexity index is 831. The van der Waals surface area contributed by atoms with Crippen molar-refractivity contribution in [2.45, 2.75) is 91.1 Å². The lowest BCUT2D eigenvalue weighted by molar-refractivity contribution is -0.155. The molecule has 0 aliphatic carbocycles. The van der Waals surface area contributed by atoms with Crippen LogP contribution in [0.1, 0.15) is 66.9 Å². The van der Waals surface area contributed by atoms with Crippen LogP contribution in [0.3, 0.4) is 0 Å². The van der Waals surface area contributed by atoms with Gasteiger partial charge < -0.3 is 18.9 Å². The molecule has 3 atom stereocenters. The molecule has 2 amide bonds. The summed E-state index contributed by atoms with van der Waals surface area (Å²) >= 11 is 0. The molecule has 1 aromatic rings. The molecule has 0 saturated carbocycles. The number of cyclic esters (lactones) is 1. The van der Waals surface area contributed by atoms with Crippen LogP contribution in [0.4, 0.5) is 9.59 Å². The average Bonchev–Trinajstić information content (AvgIpc) is 2.77. The first-order chi connectivity index (χ1) is 15.8. The summed E-state index contributed by atoms with van der Waals surface area (Å²) in [4.78, 5) is 39.9. The van der Waals surface area contributed by atoms with E-state index in [9.17, 15) is 14.4 Å². The molecule has 0 bridgehead atoms. The Morgan fingerprint density at radius 1 is 1.03 bits per heavy atom. The lowest BCUT2D eigenvalue weighted by Crippen LogP contribution is -2.54.